The van der Waals surface area contributed by atoms with Crippen molar-refractivity contribution in [2.24, 2.45) is 35.5 Å². The van der Waals surface area contributed by atoms with E-state index in [4.69, 9.17) is 14.2 Å². The Bertz CT molecular complexity index is 1720. The third-order valence-electron chi connectivity index (χ3n) is 11.0. The first-order chi connectivity index (χ1) is 21.0. The Balaban J connectivity index is 1.11. The van der Waals surface area contributed by atoms with E-state index in [2.05, 4.69) is 38.2 Å². The molecule has 0 N–H and O–H groups in total. The van der Waals surface area contributed by atoms with Gasteiger partial charge in [0.2, 0.25) is 5.72 Å². The van der Waals surface area contributed by atoms with E-state index >= 15 is 0 Å². The number of esters is 2. The van der Waals surface area contributed by atoms with E-state index in [1.165, 1.54) is 12.1 Å². The minimum absolute atomic E-state index is 0.0457. The number of carbonyl (C=O) groups excluding carboxylic acids is 2. The van der Waals surface area contributed by atoms with Gasteiger partial charge in [-0.1, -0.05) is 24.3 Å². The molecule has 0 radical (unpaired) electrons. The number of carbonyl (C=O) groups is 2. The highest BCUT2D eigenvalue weighted by Gasteiger charge is 2.58. The van der Waals surface area contributed by atoms with Crippen LogP contribution in [-0.4, -0.2) is 29.6 Å². The van der Waals surface area contributed by atoms with Gasteiger partial charge in [0, 0.05) is 24.4 Å². The fourth-order valence-corrected chi connectivity index (χ4v) is 8.57. The SMILES string of the molecule is CN1c2ccc(OC(=O)C3CC4C=CC3C4)cc2C(C)(C)C12C=Cc1cc([N+](=O)[O-])cc(OC(=O)C3CC4C=CC3C4)c1O2. The molecule has 4 aliphatic carbocycles. The second-order valence-corrected chi connectivity index (χ2v) is 13.7. The van der Waals surface area contributed by atoms with Crippen LogP contribution in [0, 0.1) is 45.6 Å². The lowest BCUT2D eigenvalue weighted by atomic mass is 9.76. The van der Waals surface area contributed by atoms with Crippen LogP contribution in [0.1, 0.15) is 50.7 Å². The van der Waals surface area contributed by atoms with Crippen molar-refractivity contribution in [2.45, 2.75) is 50.7 Å². The summed E-state index contributed by atoms with van der Waals surface area (Å²) in [5.41, 5.74) is 0.410. The van der Waals surface area contributed by atoms with Gasteiger partial charge in [-0.25, -0.2) is 0 Å². The summed E-state index contributed by atoms with van der Waals surface area (Å²) in [6, 6.07) is 8.37. The smallest absolute Gasteiger partial charge is 0.315 e. The maximum absolute atomic E-state index is 13.4. The number of rotatable bonds is 5. The molecule has 1 spiro atoms. The highest BCUT2D eigenvalue weighted by atomic mass is 16.6. The van der Waals surface area contributed by atoms with Crippen LogP contribution in [0.25, 0.3) is 6.08 Å². The average Bonchev–Trinajstić information content (AvgIpc) is 3.84. The van der Waals surface area contributed by atoms with E-state index in [0.29, 0.717) is 23.1 Å². The largest absolute Gasteiger partial charge is 0.459 e. The maximum atomic E-state index is 13.4. The molecular formula is C35H34N2O7. The maximum Gasteiger partial charge on any atom is 0.315 e. The first-order valence-electron chi connectivity index (χ1n) is 15.4. The molecule has 7 unspecified atom stereocenters. The summed E-state index contributed by atoms with van der Waals surface area (Å²) in [6.45, 7) is 4.10. The second-order valence-electron chi connectivity index (χ2n) is 13.7. The Hall–Kier alpha value is -4.40. The van der Waals surface area contributed by atoms with Crippen molar-refractivity contribution in [1.29, 1.82) is 0 Å². The van der Waals surface area contributed by atoms with Crippen LogP contribution in [-0.2, 0) is 15.0 Å². The van der Waals surface area contributed by atoms with Crippen molar-refractivity contribution < 1.29 is 28.7 Å². The molecule has 2 aromatic rings. The number of fused-ring (bicyclic) bond motifs is 6. The lowest BCUT2D eigenvalue weighted by molar-refractivity contribution is -0.385. The van der Waals surface area contributed by atoms with E-state index in [0.717, 1.165) is 36.9 Å². The zero-order chi connectivity index (χ0) is 30.5. The third kappa shape index (κ3) is 3.84. The molecule has 6 aliphatic rings. The average molecular weight is 595 g/mol. The number of non-ortho nitro benzene ring substituents is 1. The number of anilines is 1. The molecular weight excluding hydrogens is 560 g/mol. The van der Waals surface area contributed by atoms with Crippen molar-refractivity contribution in [1.82, 2.24) is 0 Å². The Morgan fingerprint density at radius 3 is 2.18 bits per heavy atom. The molecule has 9 nitrogen and oxygen atoms in total. The van der Waals surface area contributed by atoms with Gasteiger partial charge in [0.25, 0.3) is 5.69 Å². The molecule has 4 bridgehead atoms. The number of benzene rings is 2. The van der Waals surface area contributed by atoms with Gasteiger partial charge >= 0.3 is 11.9 Å². The predicted octanol–water partition coefficient (Wildman–Crippen LogP) is 6.36. The topological polar surface area (TPSA) is 108 Å². The van der Waals surface area contributed by atoms with Crippen LogP contribution in [0.4, 0.5) is 11.4 Å². The Morgan fingerprint density at radius 1 is 0.932 bits per heavy atom. The summed E-state index contributed by atoms with van der Waals surface area (Å²) in [6.07, 6.45) is 15.8. The molecule has 226 valence electrons. The van der Waals surface area contributed by atoms with Crippen LogP contribution < -0.4 is 19.1 Å². The lowest BCUT2D eigenvalue weighted by Crippen LogP contribution is -2.58. The monoisotopic (exact) mass is 594 g/mol. The summed E-state index contributed by atoms with van der Waals surface area (Å²) in [7, 11) is 1.93. The van der Waals surface area contributed by atoms with Crippen molar-refractivity contribution >= 4 is 29.4 Å². The summed E-state index contributed by atoms with van der Waals surface area (Å²) < 4.78 is 18.7. The summed E-state index contributed by atoms with van der Waals surface area (Å²) in [5, 5.41) is 11.8. The van der Waals surface area contributed by atoms with E-state index in [1.807, 2.05) is 36.2 Å². The highest BCUT2D eigenvalue weighted by Crippen LogP contribution is 2.57. The minimum atomic E-state index is -1.05. The number of nitro groups is 1. The molecule has 2 saturated carbocycles. The van der Waals surface area contributed by atoms with E-state index in [-0.39, 0.29) is 46.8 Å². The molecule has 44 heavy (non-hydrogen) atoms. The van der Waals surface area contributed by atoms with Crippen LogP contribution in [0.3, 0.4) is 0 Å². The molecule has 2 aliphatic heterocycles. The molecule has 9 heteroatoms. The number of nitro benzene ring substituents is 1. The van der Waals surface area contributed by atoms with E-state index < -0.39 is 22.0 Å². The Morgan fingerprint density at radius 2 is 1.59 bits per heavy atom. The molecule has 2 aromatic carbocycles. The summed E-state index contributed by atoms with van der Waals surface area (Å²) >= 11 is 0. The molecule has 2 fully saturated rings. The van der Waals surface area contributed by atoms with Gasteiger partial charge in [0.15, 0.2) is 11.5 Å². The van der Waals surface area contributed by atoms with Crippen molar-refractivity contribution in [2.75, 3.05) is 11.9 Å². The molecule has 2 heterocycles. The summed E-state index contributed by atoms with van der Waals surface area (Å²) in [5.74, 6) is 1.08. The number of likely N-dealkylation sites (N-methyl/N-ethyl adjacent to an activating group) is 1. The van der Waals surface area contributed by atoms with E-state index in [9.17, 15) is 19.7 Å². The van der Waals surface area contributed by atoms with Crippen LogP contribution in [0.2, 0.25) is 0 Å². The molecule has 0 saturated heterocycles. The van der Waals surface area contributed by atoms with Gasteiger partial charge in [-0.15, -0.1) is 0 Å². The van der Waals surface area contributed by atoms with Crippen molar-refractivity contribution in [3.63, 3.8) is 0 Å². The normalized spacial score (nSPS) is 32.6. The van der Waals surface area contributed by atoms with Gasteiger partial charge in [-0.05, 0) is 99.1 Å². The van der Waals surface area contributed by atoms with Gasteiger partial charge < -0.3 is 19.1 Å². The number of nitrogens with zero attached hydrogens (tertiary/aromatic N) is 2. The number of hydrogen-bond acceptors (Lipinski definition) is 8. The summed E-state index contributed by atoms with van der Waals surface area (Å²) in [4.78, 5) is 39.8. The minimum Gasteiger partial charge on any atom is -0.459 e. The Kier molecular flexibility index (Phi) is 5.74. The highest BCUT2D eigenvalue weighted by molar-refractivity contribution is 5.81. The van der Waals surface area contributed by atoms with Crippen LogP contribution in [0.5, 0.6) is 17.2 Å². The quantitative estimate of drug-likeness (QED) is 0.129. The van der Waals surface area contributed by atoms with Crippen molar-refractivity contribution in [3.8, 4) is 17.2 Å². The fraction of sp³-hybridized carbons (Fsp3) is 0.429. The first-order valence-corrected chi connectivity index (χ1v) is 15.4. The van der Waals surface area contributed by atoms with Gasteiger partial charge in [0.1, 0.15) is 5.75 Å². The molecule has 7 atom stereocenters. The molecule has 0 amide bonds. The van der Waals surface area contributed by atoms with Gasteiger partial charge in [-0.2, -0.15) is 0 Å². The molecule has 8 rings (SSSR count). The number of ether oxygens (including phenoxy) is 3. The second kappa shape index (κ2) is 9.30. The fourth-order valence-electron chi connectivity index (χ4n) is 8.57. The third-order valence-corrected chi connectivity index (χ3v) is 11.0. The van der Waals surface area contributed by atoms with Crippen molar-refractivity contribution in [3.05, 3.63) is 82.0 Å². The van der Waals surface area contributed by atoms with Gasteiger partial charge in [0.05, 0.1) is 28.2 Å². The zero-order valence-corrected chi connectivity index (χ0v) is 24.9. The predicted molar refractivity (Wildman–Crippen MR) is 162 cm³/mol. The van der Waals surface area contributed by atoms with Gasteiger partial charge in [-0.3, -0.25) is 19.7 Å². The van der Waals surface area contributed by atoms with E-state index in [1.54, 1.807) is 6.08 Å². The van der Waals surface area contributed by atoms with Crippen LogP contribution in [0.15, 0.2) is 60.7 Å². The van der Waals surface area contributed by atoms with Crippen LogP contribution >= 0.6 is 0 Å². The first kappa shape index (κ1) is 27.2. The Labute approximate surface area is 255 Å². The molecule has 0 aromatic heterocycles. The lowest BCUT2D eigenvalue weighted by Gasteiger charge is -2.45. The standard InChI is InChI=1S/C35H34N2O7/c1-34(2)28-18-25(42-32(38)26-14-19-4-6-21(26)12-19)8-9-29(28)36(3)35(34)11-10-23-16-24(37(40)41)17-30(31(23)44-35)43-33(39)27-15-20-5-7-22(27)13-20/h4-11,16-22,26-27H,12-15H2,1-3H3. The number of hydrogen-bond donors (Lipinski definition) is 0. The number of allylic oxidation sites excluding steroid dienone is 4. The zero-order valence-electron chi connectivity index (χ0n) is 24.9.